The third-order valence-corrected chi connectivity index (χ3v) is 6.65. The molecule has 0 aliphatic rings. The van der Waals surface area contributed by atoms with Gasteiger partial charge in [0, 0.05) is 11.0 Å². The van der Waals surface area contributed by atoms with Gasteiger partial charge >= 0.3 is 0 Å². The molecule has 5 aromatic rings. The summed E-state index contributed by atoms with van der Waals surface area (Å²) in [6, 6.07) is 19.6. The minimum absolute atomic E-state index is 0.0415. The maximum atomic E-state index is 13.1. The number of halogens is 1. The van der Waals surface area contributed by atoms with Crippen molar-refractivity contribution in [2.75, 3.05) is 0 Å². The second kappa shape index (κ2) is 8.28. The van der Waals surface area contributed by atoms with Gasteiger partial charge in [-0.05, 0) is 57.9 Å². The molecule has 0 aliphatic carbocycles. The first-order valence-corrected chi connectivity index (χ1v) is 11.6. The van der Waals surface area contributed by atoms with Gasteiger partial charge in [0.25, 0.3) is 5.56 Å². The van der Waals surface area contributed by atoms with Gasteiger partial charge in [-0.15, -0.1) is 10.2 Å². The highest BCUT2D eigenvalue weighted by molar-refractivity contribution is 9.10. The van der Waals surface area contributed by atoms with Crippen molar-refractivity contribution >= 4 is 49.4 Å². The minimum atomic E-state index is -0.0415. The fourth-order valence-electron chi connectivity index (χ4n) is 3.46. The van der Waals surface area contributed by atoms with Gasteiger partial charge in [-0.3, -0.25) is 9.36 Å². The molecule has 0 saturated heterocycles. The van der Waals surface area contributed by atoms with E-state index in [9.17, 15) is 4.79 Å². The summed E-state index contributed by atoms with van der Waals surface area (Å²) >= 11 is 4.92. The Morgan fingerprint density at radius 1 is 1.03 bits per heavy atom. The summed E-state index contributed by atoms with van der Waals surface area (Å²) in [5, 5.41) is 11.7. The van der Waals surface area contributed by atoms with Crippen LogP contribution in [0.3, 0.4) is 0 Å². The van der Waals surface area contributed by atoms with Crippen molar-refractivity contribution < 1.29 is 4.42 Å². The molecule has 6 nitrogen and oxygen atoms in total. The van der Waals surface area contributed by atoms with E-state index in [1.54, 1.807) is 4.57 Å². The molecule has 3 aromatic carbocycles. The predicted octanol–water partition coefficient (Wildman–Crippen LogP) is 5.67. The number of fused-ring (bicyclic) bond motifs is 2. The Hall–Kier alpha value is -2.97. The van der Waals surface area contributed by atoms with Gasteiger partial charge in [-0.2, -0.15) is 0 Å². The Morgan fingerprint density at radius 3 is 2.55 bits per heavy atom. The lowest BCUT2D eigenvalue weighted by molar-refractivity contribution is 0.527. The molecule has 0 saturated carbocycles. The van der Waals surface area contributed by atoms with Crippen LogP contribution in [0.1, 0.15) is 12.8 Å². The molecule has 154 valence electrons. The first-order chi connectivity index (χ1) is 15.1. The smallest absolute Gasteiger partial charge is 0.262 e. The van der Waals surface area contributed by atoms with E-state index in [1.165, 1.54) is 11.8 Å². The number of hydrogen-bond donors (Lipinski definition) is 0. The van der Waals surface area contributed by atoms with Gasteiger partial charge in [-0.25, -0.2) is 4.98 Å². The summed E-state index contributed by atoms with van der Waals surface area (Å²) in [5.41, 5.74) is 1.49. The molecule has 2 heterocycles. The molecule has 2 aromatic heterocycles. The summed E-state index contributed by atoms with van der Waals surface area (Å²) in [4.78, 5) is 17.9. The van der Waals surface area contributed by atoms with Crippen LogP contribution in [0.25, 0.3) is 33.1 Å². The highest BCUT2D eigenvalue weighted by atomic mass is 79.9. The fourth-order valence-corrected chi connectivity index (χ4v) is 4.81. The van der Waals surface area contributed by atoms with Crippen LogP contribution < -0.4 is 5.56 Å². The minimum Gasteiger partial charge on any atom is -0.420 e. The number of aromatic nitrogens is 4. The number of nitrogens with zero attached hydrogens (tertiary/aromatic N) is 4. The van der Waals surface area contributed by atoms with Gasteiger partial charge in [0.15, 0.2) is 5.16 Å². The van der Waals surface area contributed by atoms with Crippen LogP contribution in [0.15, 0.2) is 79.5 Å². The maximum absolute atomic E-state index is 13.1. The number of benzene rings is 3. The van der Waals surface area contributed by atoms with Gasteiger partial charge in [0.1, 0.15) is 0 Å². The van der Waals surface area contributed by atoms with E-state index in [4.69, 9.17) is 9.40 Å². The molecule has 0 atom stereocenters. The lowest BCUT2D eigenvalue weighted by Gasteiger charge is -2.11. The molecule has 0 unspecified atom stereocenters. The van der Waals surface area contributed by atoms with Crippen LogP contribution in [0, 0.1) is 0 Å². The van der Waals surface area contributed by atoms with Crippen molar-refractivity contribution in [2.24, 2.45) is 0 Å². The SMILES string of the molecule is CCn1c(SCc2nnc(-c3ccccc3Br)o2)nc2cc3ccccc3cc2c1=O. The normalized spacial score (nSPS) is 11.4. The lowest BCUT2D eigenvalue weighted by atomic mass is 10.1. The standard InChI is InChI=1S/C23H17BrN4O2S/c1-2-28-22(29)17-11-14-7-3-4-8-15(14)12-19(17)25-23(28)31-13-20-26-27-21(30-20)16-9-5-6-10-18(16)24/h3-12H,2,13H2,1H3. The zero-order chi connectivity index (χ0) is 21.4. The fraction of sp³-hybridized carbons (Fsp3) is 0.130. The molecule has 0 spiro atoms. The van der Waals surface area contributed by atoms with Gasteiger partial charge in [-0.1, -0.05) is 48.2 Å². The van der Waals surface area contributed by atoms with Crippen LogP contribution in [-0.2, 0) is 12.3 Å². The highest BCUT2D eigenvalue weighted by Crippen LogP contribution is 2.29. The molecular weight excluding hydrogens is 476 g/mol. The van der Waals surface area contributed by atoms with Crippen LogP contribution in [0.4, 0.5) is 0 Å². The third kappa shape index (κ3) is 3.77. The van der Waals surface area contributed by atoms with E-state index in [0.717, 1.165) is 20.8 Å². The maximum Gasteiger partial charge on any atom is 0.262 e. The molecule has 5 rings (SSSR count). The first kappa shape index (κ1) is 20.0. The average molecular weight is 493 g/mol. The van der Waals surface area contributed by atoms with Gasteiger partial charge in [0.05, 0.1) is 22.2 Å². The molecule has 8 heteroatoms. The third-order valence-electron chi connectivity index (χ3n) is 5.00. The molecule has 0 N–H and O–H groups in total. The average Bonchev–Trinajstić information content (AvgIpc) is 3.26. The largest absolute Gasteiger partial charge is 0.420 e. The Morgan fingerprint density at radius 2 is 1.77 bits per heavy atom. The Kier molecular flexibility index (Phi) is 5.33. The summed E-state index contributed by atoms with van der Waals surface area (Å²) in [6.45, 7) is 2.47. The molecule has 0 fully saturated rings. The zero-order valence-corrected chi connectivity index (χ0v) is 19.0. The van der Waals surface area contributed by atoms with Crippen LogP contribution in [0.2, 0.25) is 0 Å². The number of rotatable bonds is 5. The summed E-state index contributed by atoms with van der Waals surface area (Å²) in [6.07, 6.45) is 0. The van der Waals surface area contributed by atoms with Crippen molar-refractivity contribution in [1.82, 2.24) is 19.7 Å². The van der Waals surface area contributed by atoms with E-state index in [0.29, 0.717) is 40.1 Å². The topological polar surface area (TPSA) is 73.8 Å². The molecular formula is C23H17BrN4O2S. The predicted molar refractivity (Wildman–Crippen MR) is 126 cm³/mol. The lowest BCUT2D eigenvalue weighted by Crippen LogP contribution is -2.22. The van der Waals surface area contributed by atoms with E-state index >= 15 is 0 Å². The highest BCUT2D eigenvalue weighted by Gasteiger charge is 2.15. The van der Waals surface area contributed by atoms with Crippen molar-refractivity contribution in [3.63, 3.8) is 0 Å². The van der Waals surface area contributed by atoms with E-state index < -0.39 is 0 Å². The van der Waals surface area contributed by atoms with E-state index in [1.807, 2.05) is 67.6 Å². The summed E-state index contributed by atoms with van der Waals surface area (Å²) < 4.78 is 8.41. The van der Waals surface area contributed by atoms with Crippen molar-refractivity contribution in [3.05, 3.63) is 81.4 Å². The van der Waals surface area contributed by atoms with Gasteiger partial charge < -0.3 is 4.42 Å². The molecule has 0 aliphatic heterocycles. The number of thioether (sulfide) groups is 1. The summed E-state index contributed by atoms with van der Waals surface area (Å²) in [7, 11) is 0. The van der Waals surface area contributed by atoms with Crippen molar-refractivity contribution in [2.45, 2.75) is 24.4 Å². The van der Waals surface area contributed by atoms with Crippen molar-refractivity contribution in [3.8, 4) is 11.5 Å². The Labute approximate surface area is 190 Å². The molecule has 31 heavy (non-hydrogen) atoms. The van der Waals surface area contributed by atoms with E-state index in [2.05, 4.69) is 26.1 Å². The van der Waals surface area contributed by atoms with Crippen molar-refractivity contribution in [1.29, 1.82) is 0 Å². The molecule has 0 radical (unpaired) electrons. The van der Waals surface area contributed by atoms with Crippen LogP contribution >= 0.6 is 27.7 Å². The number of hydrogen-bond acceptors (Lipinski definition) is 6. The van der Waals surface area contributed by atoms with E-state index in [-0.39, 0.29) is 5.56 Å². The monoisotopic (exact) mass is 492 g/mol. The Bertz CT molecular complexity index is 1480. The first-order valence-electron chi connectivity index (χ1n) is 9.77. The molecule has 0 bridgehead atoms. The van der Waals surface area contributed by atoms with Crippen LogP contribution in [0.5, 0.6) is 0 Å². The molecule has 0 amide bonds. The quantitative estimate of drug-likeness (QED) is 0.178. The second-order valence-corrected chi connectivity index (χ2v) is 8.73. The zero-order valence-electron chi connectivity index (χ0n) is 16.6. The van der Waals surface area contributed by atoms with Gasteiger partial charge in [0.2, 0.25) is 11.8 Å². The summed E-state index contributed by atoms with van der Waals surface area (Å²) in [5.74, 6) is 1.35. The van der Waals surface area contributed by atoms with Crippen LogP contribution in [-0.4, -0.2) is 19.7 Å². The second-order valence-electron chi connectivity index (χ2n) is 6.93. The Balaban J connectivity index is 1.48.